The van der Waals surface area contributed by atoms with Gasteiger partial charge in [0.25, 0.3) is 0 Å². The molecule has 4 nitrogen and oxygen atoms in total. The van der Waals surface area contributed by atoms with Gasteiger partial charge in [0, 0.05) is 25.7 Å². The normalized spacial score (nSPS) is 10.3. The number of benzene rings is 1. The van der Waals surface area contributed by atoms with Crippen molar-refractivity contribution in [2.45, 2.75) is 19.9 Å². The van der Waals surface area contributed by atoms with Crippen molar-refractivity contribution in [3.05, 3.63) is 53.6 Å². The van der Waals surface area contributed by atoms with Gasteiger partial charge in [-0.3, -0.25) is 0 Å². The van der Waals surface area contributed by atoms with Crippen LogP contribution in [-0.2, 0) is 13.0 Å². The standard InChI is InChI=1S/C15H18N4/c1-2-17-8-7-15-11-19(12-18-15)10-14-6-4-3-5-13(14)9-16/h3-6,11-12,17H,2,7-8,10H2,1H3. The van der Waals surface area contributed by atoms with E-state index >= 15 is 0 Å². The fraction of sp³-hybridized carbons (Fsp3) is 0.333. The first-order chi connectivity index (χ1) is 9.33. The van der Waals surface area contributed by atoms with Gasteiger partial charge in [0.05, 0.1) is 23.7 Å². The zero-order valence-electron chi connectivity index (χ0n) is 11.1. The first-order valence-corrected chi connectivity index (χ1v) is 6.53. The molecule has 2 rings (SSSR count). The third-order valence-corrected chi connectivity index (χ3v) is 2.99. The van der Waals surface area contributed by atoms with Gasteiger partial charge >= 0.3 is 0 Å². The number of likely N-dealkylation sites (N-methyl/N-ethyl adjacent to an activating group) is 1. The van der Waals surface area contributed by atoms with E-state index in [1.54, 1.807) is 0 Å². The van der Waals surface area contributed by atoms with E-state index in [-0.39, 0.29) is 0 Å². The summed E-state index contributed by atoms with van der Waals surface area (Å²) in [5.74, 6) is 0. The fourth-order valence-corrected chi connectivity index (χ4v) is 1.98. The minimum Gasteiger partial charge on any atom is -0.333 e. The van der Waals surface area contributed by atoms with E-state index in [2.05, 4.69) is 23.3 Å². The maximum Gasteiger partial charge on any atom is 0.0995 e. The molecule has 0 bridgehead atoms. The highest BCUT2D eigenvalue weighted by Gasteiger charge is 2.03. The molecule has 19 heavy (non-hydrogen) atoms. The van der Waals surface area contributed by atoms with Crippen LogP contribution in [0.25, 0.3) is 0 Å². The predicted molar refractivity (Wildman–Crippen MR) is 74.7 cm³/mol. The van der Waals surface area contributed by atoms with Gasteiger partial charge in [0.2, 0.25) is 0 Å². The summed E-state index contributed by atoms with van der Waals surface area (Å²) >= 11 is 0. The second-order valence-corrected chi connectivity index (χ2v) is 4.41. The van der Waals surface area contributed by atoms with Crippen molar-refractivity contribution in [3.63, 3.8) is 0 Å². The number of hydrogen-bond acceptors (Lipinski definition) is 3. The Morgan fingerprint density at radius 1 is 1.37 bits per heavy atom. The molecule has 2 aromatic rings. The van der Waals surface area contributed by atoms with Crippen LogP contribution in [0.1, 0.15) is 23.7 Å². The molecule has 98 valence electrons. The van der Waals surface area contributed by atoms with Gasteiger partial charge in [0.15, 0.2) is 0 Å². The summed E-state index contributed by atoms with van der Waals surface area (Å²) in [5, 5.41) is 12.3. The van der Waals surface area contributed by atoms with Crippen LogP contribution in [0.15, 0.2) is 36.8 Å². The zero-order valence-corrected chi connectivity index (χ0v) is 11.1. The lowest BCUT2D eigenvalue weighted by atomic mass is 10.1. The molecule has 1 N–H and O–H groups in total. The molecule has 0 aliphatic carbocycles. The SMILES string of the molecule is CCNCCc1cn(Cc2ccccc2C#N)cn1. The average Bonchev–Trinajstić information content (AvgIpc) is 2.87. The molecule has 0 fully saturated rings. The molecule has 0 aliphatic rings. The van der Waals surface area contributed by atoms with Crippen LogP contribution in [0.4, 0.5) is 0 Å². The molecular formula is C15H18N4. The maximum atomic E-state index is 9.06. The van der Waals surface area contributed by atoms with Gasteiger partial charge in [-0.1, -0.05) is 25.1 Å². The van der Waals surface area contributed by atoms with E-state index in [0.717, 1.165) is 36.3 Å². The second kappa shape index (κ2) is 6.72. The highest BCUT2D eigenvalue weighted by atomic mass is 15.0. The highest BCUT2D eigenvalue weighted by molar-refractivity contribution is 5.37. The lowest BCUT2D eigenvalue weighted by Gasteiger charge is -2.04. The largest absolute Gasteiger partial charge is 0.333 e. The van der Waals surface area contributed by atoms with Crippen molar-refractivity contribution in [1.29, 1.82) is 5.26 Å². The van der Waals surface area contributed by atoms with Crippen LogP contribution in [0, 0.1) is 11.3 Å². The number of rotatable bonds is 6. The lowest BCUT2D eigenvalue weighted by molar-refractivity contribution is 0.708. The highest BCUT2D eigenvalue weighted by Crippen LogP contribution is 2.10. The van der Waals surface area contributed by atoms with Crippen LogP contribution < -0.4 is 5.32 Å². The Labute approximate surface area is 113 Å². The molecule has 1 aromatic heterocycles. The molecule has 0 radical (unpaired) electrons. The number of hydrogen-bond donors (Lipinski definition) is 1. The lowest BCUT2D eigenvalue weighted by Crippen LogP contribution is -2.16. The Morgan fingerprint density at radius 2 is 2.21 bits per heavy atom. The van der Waals surface area contributed by atoms with Gasteiger partial charge in [-0.05, 0) is 18.2 Å². The van der Waals surface area contributed by atoms with Crippen LogP contribution in [0.5, 0.6) is 0 Å². The quantitative estimate of drug-likeness (QED) is 0.802. The molecular weight excluding hydrogens is 236 g/mol. The first-order valence-electron chi connectivity index (χ1n) is 6.53. The van der Waals surface area contributed by atoms with Crippen molar-refractivity contribution >= 4 is 0 Å². The number of nitrogens with zero attached hydrogens (tertiary/aromatic N) is 3. The minimum absolute atomic E-state index is 0.692. The Balaban J connectivity index is 2.02. The third-order valence-electron chi connectivity index (χ3n) is 2.99. The number of imidazole rings is 1. The predicted octanol–water partition coefficient (Wildman–Crippen LogP) is 1.96. The van der Waals surface area contributed by atoms with Crippen molar-refractivity contribution in [1.82, 2.24) is 14.9 Å². The van der Waals surface area contributed by atoms with E-state index in [4.69, 9.17) is 5.26 Å². The van der Waals surface area contributed by atoms with Crippen molar-refractivity contribution in [2.75, 3.05) is 13.1 Å². The van der Waals surface area contributed by atoms with Gasteiger partial charge in [-0.25, -0.2) is 4.98 Å². The number of aromatic nitrogens is 2. The molecule has 0 spiro atoms. The van der Waals surface area contributed by atoms with Crippen LogP contribution >= 0.6 is 0 Å². The van der Waals surface area contributed by atoms with Gasteiger partial charge < -0.3 is 9.88 Å². The van der Waals surface area contributed by atoms with Crippen LogP contribution in [-0.4, -0.2) is 22.6 Å². The van der Waals surface area contributed by atoms with Crippen LogP contribution in [0.3, 0.4) is 0 Å². The fourth-order valence-electron chi connectivity index (χ4n) is 1.98. The molecule has 1 heterocycles. The van der Waals surface area contributed by atoms with E-state index < -0.39 is 0 Å². The topological polar surface area (TPSA) is 53.6 Å². The second-order valence-electron chi connectivity index (χ2n) is 4.41. The Hall–Kier alpha value is -2.12. The third kappa shape index (κ3) is 3.67. The Morgan fingerprint density at radius 3 is 3.00 bits per heavy atom. The summed E-state index contributed by atoms with van der Waals surface area (Å²) in [6.45, 7) is 4.72. The Bertz CT molecular complexity index is 566. The monoisotopic (exact) mass is 254 g/mol. The maximum absolute atomic E-state index is 9.06. The summed E-state index contributed by atoms with van der Waals surface area (Å²) in [6.07, 6.45) is 4.81. The molecule has 0 aliphatic heterocycles. The summed E-state index contributed by atoms with van der Waals surface area (Å²) in [7, 11) is 0. The van der Waals surface area contributed by atoms with Crippen molar-refractivity contribution < 1.29 is 0 Å². The summed E-state index contributed by atoms with van der Waals surface area (Å²) in [5.41, 5.74) is 2.83. The van der Waals surface area contributed by atoms with E-state index in [0.29, 0.717) is 6.54 Å². The molecule has 0 amide bonds. The van der Waals surface area contributed by atoms with Crippen molar-refractivity contribution in [3.8, 4) is 6.07 Å². The summed E-state index contributed by atoms with van der Waals surface area (Å²) in [6, 6.07) is 9.89. The van der Waals surface area contributed by atoms with Crippen LogP contribution in [0.2, 0.25) is 0 Å². The molecule has 4 heteroatoms. The Kier molecular flexibility index (Phi) is 4.71. The number of nitriles is 1. The molecule has 0 saturated heterocycles. The van der Waals surface area contributed by atoms with E-state index in [1.807, 2.05) is 41.4 Å². The zero-order chi connectivity index (χ0) is 13.5. The summed E-state index contributed by atoms with van der Waals surface area (Å²) in [4.78, 5) is 4.38. The molecule has 0 unspecified atom stereocenters. The van der Waals surface area contributed by atoms with Gasteiger partial charge in [-0.2, -0.15) is 5.26 Å². The van der Waals surface area contributed by atoms with Gasteiger partial charge in [-0.15, -0.1) is 0 Å². The minimum atomic E-state index is 0.692. The summed E-state index contributed by atoms with van der Waals surface area (Å²) < 4.78 is 2.03. The van der Waals surface area contributed by atoms with Gasteiger partial charge in [0.1, 0.15) is 0 Å². The number of nitrogens with one attached hydrogen (secondary N) is 1. The molecule has 0 saturated carbocycles. The smallest absolute Gasteiger partial charge is 0.0995 e. The molecule has 0 atom stereocenters. The molecule has 1 aromatic carbocycles. The van der Waals surface area contributed by atoms with E-state index in [1.165, 1.54) is 0 Å². The van der Waals surface area contributed by atoms with Crippen molar-refractivity contribution in [2.24, 2.45) is 0 Å². The first kappa shape index (κ1) is 13.3. The average molecular weight is 254 g/mol. The van der Waals surface area contributed by atoms with E-state index in [9.17, 15) is 0 Å².